The molecule has 0 radical (unpaired) electrons. The third kappa shape index (κ3) is 2.67. The number of nitrogens with zero attached hydrogens (tertiary/aromatic N) is 1. The second-order valence-corrected chi connectivity index (χ2v) is 7.10. The Morgan fingerprint density at radius 1 is 1.22 bits per heavy atom. The van der Waals surface area contributed by atoms with Gasteiger partial charge in [-0.25, -0.2) is 8.42 Å². The van der Waals surface area contributed by atoms with Crippen LogP contribution < -0.4 is 5.73 Å². The minimum absolute atomic E-state index is 0.0367. The van der Waals surface area contributed by atoms with Crippen molar-refractivity contribution in [1.29, 1.82) is 5.41 Å². The molecule has 3 N–H and O–H groups in total. The third-order valence-corrected chi connectivity index (χ3v) is 6.13. The second kappa shape index (κ2) is 5.54. The van der Waals surface area contributed by atoms with Gasteiger partial charge in [-0.1, -0.05) is 6.42 Å². The Kier molecular flexibility index (Phi) is 4.24. The van der Waals surface area contributed by atoms with E-state index in [1.54, 1.807) is 0 Å². The molecule has 18 heavy (non-hydrogen) atoms. The van der Waals surface area contributed by atoms with Crippen LogP contribution in [-0.4, -0.2) is 49.6 Å². The summed E-state index contributed by atoms with van der Waals surface area (Å²) in [4.78, 5) is 0. The van der Waals surface area contributed by atoms with Crippen LogP contribution in [0.1, 0.15) is 32.1 Å². The molecule has 2 aliphatic heterocycles. The summed E-state index contributed by atoms with van der Waals surface area (Å²) in [5, 5.41) is 7.19. The number of amidine groups is 1. The minimum Gasteiger partial charge on any atom is -0.386 e. The van der Waals surface area contributed by atoms with Crippen molar-refractivity contribution in [2.45, 2.75) is 43.4 Å². The molecule has 0 bridgehead atoms. The van der Waals surface area contributed by atoms with Crippen molar-refractivity contribution in [3.05, 3.63) is 0 Å². The number of ether oxygens (including phenoxy) is 1. The maximum Gasteiger partial charge on any atom is 0.217 e. The summed E-state index contributed by atoms with van der Waals surface area (Å²) in [6.07, 6.45) is 3.54. The molecule has 2 heterocycles. The van der Waals surface area contributed by atoms with E-state index < -0.39 is 16.1 Å². The summed E-state index contributed by atoms with van der Waals surface area (Å²) >= 11 is 0. The summed E-state index contributed by atoms with van der Waals surface area (Å²) in [6, 6.07) is -0.438. The first kappa shape index (κ1) is 13.8. The molecule has 1 unspecified atom stereocenters. The summed E-state index contributed by atoms with van der Waals surface area (Å²) in [6.45, 7) is 1.49. The van der Waals surface area contributed by atoms with Gasteiger partial charge in [0.2, 0.25) is 10.0 Å². The normalized spacial score (nSPS) is 28.1. The molecule has 2 saturated heterocycles. The van der Waals surface area contributed by atoms with Crippen molar-refractivity contribution >= 4 is 15.9 Å². The van der Waals surface area contributed by atoms with E-state index in [-0.39, 0.29) is 11.1 Å². The highest BCUT2D eigenvalue weighted by Crippen LogP contribution is 2.26. The maximum atomic E-state index is 12.6. The quantitative estimate of drug-likeness (QED) is 0.571. The predicted molar refractivity (Wildman–Crippen MR) is 69.0 cm³/mol. The van der Waals surface area contributed by atoms with Crippen molar-refractivity contribution in [2.24, 2.45) is 5.73 Å². The number of piperidine rings is 1. The zero-order valence-corrected chi connectivity index (χ0v) is 11.3. The molecule has 7 heteroatoms. The lowest BCUT2D eigenvalue weighted by Gasteiger charge is -2.37. The Bertz CT molecular complexity index is 404. The number of nitrogens with one attached hydrogen (secondary N) is 1. The fourth-order valence-electron chi connectivity index (χ4n) is 2.69. The molecular weight excluding hydrogens is 254 g/mol. The van der Waals surface area contributed by atoms with E-state index in [1.807, 2.05) is 0 Å². The molecule has 0 aliphatic carbocycles. The van der Waals surface area contributed by atoms with Gasteiger partial charge in [-0.05, 0) is 25.7 Å². The number of rotatable bonds is 3. The smallest absolute Gasteiger partial charge is 0.217 e. The van der Waals surface area contributed by atoms with Crippen molar-refractivity contribution in [3.63, 3.8) is 0 Å². The molecule has 1 atom stereocenters. The highest BCUT2D eigenvalue weighted by molar-refractivity contribution is 7.89. The van der Waals surface area contributed by atoms with Crippen LogP contribution in [0.3, 0.4) is 0 Å². The lowest BCUT2D eigenvalue weighted by atomic mass is 10.0. The Morgan fingerprint density at radius 2 is 1.89 bits per heavy atom. The lowest BCUT2D eigenvalue weighted by Crippen LogP contribution is -2.53. The number of sulfonamides is 1. The van der Waals surface area contributed by atoms with Crippen LogP contribution in [0.25, 0.3) is 0 Å². The van der Waals surface area contributed by atoms with Crippen LogP contribution in [0.4, 0.5) is 0 Å². The van der Waals surface area contributed by atoms with Gasteiger partial charge in [0, 0.05) is 19.8 Å². The van der Waals surface area contributed by atoms with Crippen LogP contribution in [0.5, 0.6) is 0 Å². The summed E-state index contributed by atoms with van der Waals surface area (Å²) < 4.78 is 31.8. The first-order valence-corrected chi connectivity index (χ1v) is 7.96. The van der Waals surface area contributed by atoms with Crippen LogP contribution in [0.15, 0.2) is 0 Å². The Morgan fingerprint density at radius 3 is 2.50 bits per heavy atom. The predicted octanol–water partition coefficient (Wildman–Crippen LogP) is 0.286. The van der Waals surface area contributed by atoms with Crippen LogP contribution in [-0.2, 0) is 14.8 Å². The molecule has 0 aromatic heterocycles. The van der Waals surface area contributed by atoms with E-state index in [1.165, 1.54) is 4.31 Å². The van der Waals surface area contributed by atoms with Crippen LogP contribution in [0, 0.1) is 5.41 Å². The largest absolute Gasteiger partial charge is 0.386 e. The zero-order chi connectivity index (χ0) is 13.2. The van der Waals surface area contributed by atoms with Gasteiger partial charge >= 0.3 is 0 Å². The van der Waals surface area contributed by atoms with Gasteiger partial charge in [-0.3, -0.25) is 5.41 Å². The molecule has 104 valence electrons. The van der Waals surface area contributed by atoms with Gasteiger partial charge in [-0.15, -0.1) is 0 Å². The van der Waals surface area contributed by atoms with E-state index in [0.29, 0.717) is 39.0 Å². The summed E-state index contributed by atoms with van der Waals surface area (Å²) in [5.41, 5.74) is 5.54. The lowest BCUT2D eigenvalue weighted by molar-refractivity contribution is 0.0967. The summed E-state index contributed by atoms with van der Waals surface area (Å²) in [7, 11) is -3.35. The van der Waals surface area contributed by atoms with Crippen LogP contribution >= 0.6 is 0 Å². The van der Waals surface area contributed by atoms with Gasteiger partial charge in [0.1, 0.15) is 5.84 Å². The van der Waals surface area contributed by atoms with Crippen molar-refractivity contribution in [3.8, 4) is 0 Å². The van der Waals surface area contributed by atoms with E-state index in [0.717, 1.165) is 12.8 Å². The van der Waals surface area contributed by atoms with E-state index >= 15 is 0 Å². The van der Waals surface area contributed by atoms with Gasteiger partial charge in [-0.2, -0.15) is 4.31 Å². The Balaban J connectivity index is 2.18. The van der Waals surface area contributed by atoms with Gasteiger partial charge in [0.05, 0.1) is 11.3 Å². The highest BCUT2D eigenvalue weighted by atomic mass is 32.2. The summed E-state index contributed by atoms with van der Waals surface area (Å²) in [5.74, 6) is -0.0367. The van der Waals surface area contributed by atoms with Crippen LogP contribution in [0.2, 0.25) is 0 Å². The highest BCUT2D eigenvalue weighted by Gasteiger charge is 2.39. The molecule has 2 fully saturated rings. The van der Waals surface area contributed by atoms with Gasteiger partial charge in [0.15, 0.2) is 0 Å². The number of hydrogen-bond acceptors (Lipinski definition) is 4. The molecule has 0 aromatic carbocycles. The van der Waals surface area contributed by atoms with Crippen molar-refractivity contribution in [2.75, 3.05) is 19.8 Å². The second-order valence-electron chi connectivity index (χ2n) is 4.93. The average Bonchev–Trinajstić information content (AvgIpc) is 2.39. The fraction of sp³-hybridized carbons (Fsp3) is 0.909. The zero-order valence-electron chi connectivity index (χ0n) is 10.5. The van der Waals surface area contributed by atoms with Crippen molar-refractivity contribution in [1.82, 2.24) is 4.31 Å². The average molecular weight is 275 g/mol. The standard InChI is InChI=1S/C11H21N3O3S/c12-11(13)10-3-1-2-6-14(10)18(15,16)9-4-7-17-8-5-9/h9-10H,1-8H2,(H3,12,13). The Labute approximate surface area is 108 Å². The molecule has 2 rings (SSSR count). The molecule has 0 spiro atoms. The maximum absolute atomic E-state index is 12.6. The van der Waals surface area contributed by atoms with E-state index in [4.69, 9.17) is 15.9 Å². The molecule has 6 nitrogen and oxygen atoms in total. The molecule has 0 aromatic rings. The molecule has 0 amide bonds. The number of nitrogens with two attached hydrogens (primary N) is 1. The fourth-order valence-corrected chi connectivity index (χ4v) is 4.81. The minimum atomic E-state index is -3.35. The van der Waals surface area contributed by atoms with E-state index in [2.05, 4.69) is 0 Å². The molecule has 0 saturated carbocycles. The first-order valence-electron chi connectivity index (χ1n) is 6.46. The molecular formula is C11H21N3O3S. The number of hydrogen-bond donors (Lipinski definition) is 2. The van der Waals surface area contributed by atoms with E-state index in [9.17, 15) is 8.42 Å². The monoisotopic (exact) mass is 275 g/mol. The SMILES string of the molecule is N=C(N)C1CCCCN1S(=O)(=O)C1CCOCC1. The molecule has 2 aliphatic rings. The first-order chi connectivity index (χ1) is 8.53. The Hall–Kier alpha value is -0.660. The van der Waals surface area contributed by atoms with Gasteiger partial charge < -0.3 is 10.5 Å². The van der Waals surface area contributed by atoms with Gasteiger partial charge in [0.25, 0.3) is 0 Å². The van der Waals surface area contributed by atoms with Crippen molar-refractivity contribution < 1.29 is 13.2 Å². The third-order valence-electron chi connectivity index (χ3n) is 3.73. The topological polar surface area (TPSA) is 96.5 Å².